The lowest BCUT2D eigenvalue weighted by Gasteiger charge is -2.26. The predicted octanol–water partition coefficient (Wildman–Crippen LogP) is 11.0. The van der Waals surface area contributed by atoms with Crippen molar-refractivity contribution in [2.24, 2.45) is 17.8 Å². The van der Waals surface area contributed by atoms with Gasteiger partial charge in [-0.25, -0.2) is 24.0 Å². The number of ketones is 2. The van der Waals surface area contributed by atoms with E-state index in [1.165, 1.54) is 25.3 Å². The highest BCUT2D eigenvalue weighted by atomic mass is 79.9. The number of benzene rings is 3. The number of Topliss-reactive ketones (excluding diaryl/α,β-unsaturated/α-hetero) is 2. The second kappa shape index (κ2) is 50.1. The number of methoxy groups -OCH3 is 1. The molecule has 120 heavy (non-hydrogen) atoms. The number of aromatic carboxylic acids is 2. The van der Waals surface area contributed by atoms with Crippen molar-refractivity contribution < 1.29 is 114 Å². The molecule has 4 aliphatic rings. The number of amides is 2. The highest BCUT2D eigenvalue weighted by Crippen LogP contribution is 2.31. The summed E-state index contributed by atoms with van der Waals surface area (Å²) in [6.45, 7) is 21.3. The molecule has 4 aliphatic heterocycles. The Labute approximate surface area is 716 Å². The summed E-state index contributed by atoms with van der Waals surface area (Å²) in [4.78, 5) is 116. The number of carboxylic acid groups (broad SMARTS) is 2. The van der Waals surface area contributed by atoms with Crippen LogP contribution in [0.15, 0.2) is 155 Å². The van der Waals surface area contributed by atoms with Gasteiger partial charge in [-0.15, -0.1) is 0 Å². The Hall–Kier alpha value is -10.3. The Morgan fingerprint density at radius 3 is 1.15 bits per heavy atom. The zero-order valence-electron chi connectivity index (χ0n) is 67.2. The molecule has 0 saturated carbocycles. The number of esters is 3. The van der Waals surface area contributed by atoms with Gasteiger partial charge in [0, 0.05) is 88.0 Å². The third kappa shape index (κ3) is 33.0. The van der Waals surface area contributed by atoms with E-state index in [4.69, 9.17) is 61.2 Å². The van der Waals surface area contributed by atoms with E-state index in [0.717, 1.165) is 69.2 Å². The average molecular weight is 1860 g/mol. The molecule has 0 unspecified atom stereocenters. The number of rotatable bonds is 33. The van der Waals surface area contributed by atoms with E-state index in [9.17, 15) is 43.2 Å². The summed E-state index contributed by atoms with van der Waals surface area (Å²) in [7, 11) is 1.30. The zero-order chi connectivity index (χ0) is 86.4. The summed E-state index contributed by atoms with van der Waals surface area (Å²) in [5, 5.41) is 45.9. The highest BCUT2D eigenvalue weighted by molar-refractivity contribution is 9.09. The third-order valence-electron chi connectivity index (χ3n) is 18.1. The average Bonchev–Trinajstić information content (AvgIpc) is 1.64. The monoisotopic (exact) mass is 1860 g/mol. The second-order valence-corrected chi connectivity index (χ2v) is 30.3. The minimum Gasteiger partial charge on any atom is -0.476 e. The van der Waals surface area contributed by atoms with E-state index in [1.54, 1.807) is 25.1 Å². The fraction of sp³-hybridized carbons (Fsp3) is 0.451. The first-order valence-corrected chi connectivity index (χ1v) is 41.8. The van der Waals surface area contributed by atoms with Gasteiger partial charge in [-0.1, -0.05) is 197 Å². The van der Waals surface area contributed by atoms with Gasteiger partial charge in [0.05, 0.1) is 101 Å². The molecule has 9 aromatic rings. The summed E-state index contributed by atoms with van der Waals surface area (Å²) in [5.41, 5.74) is 2.48. The van der Waals surface area contributed by atoms with Crippen LogP contribution in [0.1, 0.15) is 168 Å². The van der Waals surface area contributed by atoms with Crippen molar-refractivity contribution in [3.63, 3.8) is 0 Å². The first-order chi connectivity index (χ1) is 57.8. The maximum absolute atomic E-state index is 13.8. The molecule has 3 aromatic carbocycles. The smallest absolute Gasteiger partial charge is 0.360 e. The lowest BCUT2D eigenvalue weighted by molar-refractivity contribution is -0.134. The topological polar surface area (TPSA) is 452 Å². The molecular formula is C82H98Br3N11O24. The molecule has 13 rings (SSSR count). The molecule has 0 bridgehead atoms. The zero-order valence-corrected chi connectivity index (χ0v) is 72.0. The van der Waals surface area contributed by atoms with Crippen LogP contribution in [0.3, 0.4) is 0 Å². The molecule has 4 atom stereocenters. The van der Waals surface area contributed by atoms with E-state index >= 15 is 0 Å². The number of alkyl halides is 3. The molecule has 6 aromatic heterocycles. The Morgan fingerprint density at radius 1 is 0.458 bits per heavy atom. The Morgan fingerprint density at radius 2 is 0.792 bits per heavy atom. The number of nitrogens with one attached hydrogen (secondary N) is 2. The van der Waals surface area contributed by atoms with Crippen LogP contribution in [-0.4, -0.2) is 219 Å². The predicted molar refractivity (Wildman–Crippen MR) is 436 cm³/mol. The summed E-state index contributed by atoms with van der Waals surface area (Å²) in [6, 6.07) is 36.1. The standard InChI is InChI=1S/C34H48N4O7.C16H18N2O4.C12H10BrNO3.C9H12N2O4.C6H6BrNO3.C5H4BrNO3/c1-22(2)15-27(35-33(42)29-19-26(45-37-29)20-38-11-13-43-14-12-38)30(39)18-25(17-24-9-7-6-8-10-24)32(41)36-28(16-23(3)4)31(40)34(5)21-44-34;19-16(21-12-13-4-2-1-3-5-13)15-10-14(22-17-15)11-18-6-8-20-9-7-18;13-7-10-6-11(14-17-10)12(15)16-8-9-4-2-1-3-5-9;12-9(13)8-5-7(15-10-8)6-11-1-3-14-4-2-11;1-10-6(9)5-2-4(3-7)11-8-5;6-2-3-1-4(5(8)9)7-10-3/h6-10,19,22-23,25,27-28H,11-18,20-21H2,1-5H3,(H,35,42)(H,36,41);1-5,10H,6-9,11-12H2;1-6H,7-8H2;5H,1-4,6H2,(H,12,13);2H,3H2,1H3;1H,2H2,(H,8,9)/t25-,27+,28+,34-;;;;;/m1...../s1. The molecule has 4 fully saturated rings. The Balaban J connectivity index is 0.000000198. The summed E-state index contributed by atoms with van der Waals surface area (Å²) in [6.07, 6.45) is 1.07. The van der Waals surface area contributed by atoms with Gasteiger partial charge in [0.15, 0.2) is 63.0 Å². The molecule has 4 N–H and O–H groups in total. The van der Waals surface area contributed by atoms with Crippen LogP contribution in [0.4, 0.5) is 0 Å². The van der Waals surface area contributed by atoms with Crippen molar-refractivity contribution in [2.45, 2.75) is 127 Å². The lowest BCUT2D eigenvalue weighted by atomic mass is 9.88. The van der Waals surface area contributed by atoms with E-state index in [2.05, 4.69) is 113 Å². The number of hydrogen-bond acceptors (Lipinski definition) is 31. The van der Waals surface area contributed by atoms with Gasteiger partial charge in [0.2, 0.25) is 5.91 Å². The van der Waals surface area contributed by atoms with Crippen molar-refractivity contribution in [1.29, 1.82) is 0 Å². The molecular weight excluding hydrogens is 1760 g/mol. The fourth-order valence-corrected chi connectivity index (χ4v) is 12.4. The number of halogens is 3. The van der Waals surface area contributed by atoms with Gasteiger partial charge in [-0.2, -0.15) is 0 Å². The molecule has 35 nitrogen and oxygen atoms in total. The highest BCUT2D eigenvalue weighted by Gasteiger charge is 2.50. The van der Waals surface area contributed by atoms with E-state index < -0.39 is 59.4 Å². The second-order valence-electron chi connectivity index (χ2n) is 28.6. The van der Waals surface area contributed by atoms with Gasteiger partial charge in [0.1, 0.15) is 36.1 Å². The fourth-order valence-electron chi connectivity index (χ4n) is 11.7. The van der Waals surface area contributed by atoms with Gasteiger partial charge in [-0.05, 0) is 54.7 Å². The molecule has 2 amide bonds. The molecule has 0 radical (unpaired) electrons. The van der Waals surface area contributed by atoms with E-state index in [-0.39, 0.29) is 83.1 Å². The summed E-state index contributed by atoms with van der Waals surface area (Å²) in [5.74, 6) is -1.83. The lowest BCUT2D eigenvalue weighted by Crippen LogP contribution is -2.50. The van der Waals surface area contributed by atoms with E-state index in [1.807, 2.05) is 119 Å². The number of carbonyl (C=O) groups excluding carboxylic acids is 7. The van der Waals surface area contributed by atoms with Crippen LogP contribution in [0.2, 0.25) is 0 Å². The number of nitrogens with zero attached hydrogens (tertiary/aromatic N) is 9. The normalized spacial score (nSPS) is 15.9. The number of ether oxygens (including phenoxy) is 7. The number of morpholine rings is 3. The van der Waals surface area contributed by atoms with Crippen LogP contribution >= 0.6 is 47.8 Å². The number of aromatic nitrogens is 6. The summed E-state index contributed by atoms with van der Waals surface area (Å²) >= 11 is 9.46. The largest absolute Gasteiger partial charge is 0.476 e. The van der Waals surface area contributed by atoms with E-state index in [0.29, 0.717) is 122 Å². The van der Waals surface area contributed by atoms with Crippen molar-refractivity contribution in [3.8, 4) is 0 Å². The van der Waals surface area contributed by atoms with Crippen LogP contribution in [0.25, 0.3) is 0 Å². The minimum atomic E-state index is -1.07. The minimum absolute atomic E-state index is 0.0433. The number of carboxylic acids is 2. The van der Waals surface area contributed by atoms with Gasteiger partial charge >= 0.3 is 29.8 Å². The first kappa shape index (κ1) is 95.2. The van der Waals surface area contributed by atoms with Crippen LogP contribution in [0.5, 0.6) is 0 Å². The maximum atomic E-state index is 13.8. The Bertz CT molecular complexity index is 4650. The van der Waals surface area contributed by atoms with Gasteiger partial charge < -0.3 is 81.1 Å². The van der Waals surface area contributed by atoms with Crippen LogP contribution in [0, 0.1) is 17.8 Å². The van der Waals surface area contributed by atoms with Crippen LogP contribution in [-0.2, 0) is 103 Å². The third-order valence-corrected chi connectivity index (χ3v) is 19.7. The van der Waals surface area contributed by atoms with Crippen LogP contribution < -0.4 is 10.6 Å². The quantitative estimate of drug-likeness (QED) is 0.0128. The molecule has 4 saturated heterocycles. The number of epoxide rings is 1. The first-order valence-electron chi connectivity index (χ1n) is 38.5. The Kier molecular flexibility index (Phi) is 39.7. The SMILES string of the molecule is CC(C)C[C@H](NC(=O)c1cc(CN2CCOCC2)on1)C(=O)C[C@@H](Cc1ccccc1)C(=O)N[C@@H](CC(C)C)C(=O)[C@@]1(C)CO1.COC(=O)c1cc(CBr)on1.O=C(O)c1cc(CBr)on1.O=C(O)c1cc(CN2CCOCC2)on1.O=C(OCc1ccccc1)c1cc(CBr)on1.O=C(OCc1ccccc1)c1cc(CN2CCOCC2)on1. The molecule has 0 spiro atoms. The molecule has 10 heterocycles. The van der Waals surface area contributed by atoms with Gasteiger partial charge in [-0.3, -0.25) is 33.9 Å². The molecule has 0 aliphatic carbocycles. The van der Waals surface area contributed by atoms with Gasteiger partial charge in [0.25, 0.3) is 5.91 Å². The van der Waals surface area contributed by atoms with Crippen molar-refractivity contribution in [3.05, 3.63) is 213 Å². The molecule has 646 valence electrons. The van der Waals surface area contributed by atoms with Crippen molar-refractivity contribution in [2.75, 3.05) is 92.6 Å². The summed E-state index contributed by atoms with van der Waals surface area (Å²) < 4.78 is 65.8. The molecule has 38 heteroatoms. The number of carbonyl (C=O) groups is 9. The van der Waals surface area contributed by atoms with Crippen molar-refractivity contribution in [1.82, 2.24) is 56.3 Å². The maximum Gasteiger partial charge on any atom is 0.360 e. The number of hydrogen-bond donors (Lipinski definition) is 4. The van der Waals surface area contributed by atoms with Crippen molar-refractivity contribution >= 4 is 101 Å².